The van der Waals surface area contributed by atoms with Crippen molar-refractivity contribution in [1.82, 2.24) is 10.1 Å². The number of halogens is 1. The van der Waals surface area contributed by atoms with Gasteiger partial charge in [-0.2, -0.15) is 10.2 Å². The molecule has 0 atom stereocenters. The van der Waals surface area contributed by atoms with Crippen LogP contribution in [0.15, 0.2) is 45.4 Å². The lowest BCUT2D eigenvalue weighted by atomic mass is 9.97. The standard InChI is InChI=1S/C18H14BrN3O/c1-11-7-13(10-20)8-12(2)15(11)9-17-21-18(22-23-17)14-5-3-4-6-16(14)19/h3-8H,9H2,1-2H3. The molecule has 0 spiro atoms. The summed E-state index contributed by atoms with van der Waals surface area (Å²) in [5.41, 5.74) is 4.80. The topological polar surface area (TPSA) is 62.7 Å². The molecule has 4 nitrogen and oxygen atoms in total. The van der Waals surface area contributed by atoms with E-state index in [2.05, 4.69) is 32.1 Å². The van der Waals surface area contributed by atoms with Crippen LogP contribution in [0.2, 0.25) is 0 Å². The summed E-state index contributed by atoms with van der Waals surface area (Å²) >= 11 is 3.50. The molecular weight excluding hydrogens is 354 g/mol. The molecule has 0 amide bonds. The maximum atomic E-state index is 9.03. The van der Waals surface area contributed by atoms with Crippen LogP contribution in [0.4, 0.5) is 0 Å². The normalized spacial score (nSPS) is 10.5. The van der Waals surface area contributed by atoms with E-state index in [1.807, 2.05) is 50.2 Å². The zero-order chi connectivity index (χ0) is 16.4. The van der Waals surface area contributed by atoms with Crippen LogP contribution in [0.1, 0.15) is 28.1 Å². The molecule has 1 aromatic heterocycles. The number of benzene rings is 2. The highest BCUT2D eigenvalue weighted by Crippen LogP contribution is 2.26. The zero-order valence-corrected chi connectivity index (χ0v) is 14.4. The average Bonchev–Trinajstić information content (AvgIpc) is 2.99. The van der Waals surface area contributed by atoms with Crippen molar-refractivity contribution in [2.24, 2.45) is 0 Å². The summed E-state index contributed by atoms with van der Waals surface area (Å²) in [5.74, 6) is 1.13. The van der Waals surface area contributed by atoms with E-state index in [9.17, 15) is 0 Å². The van der Waals surface area contributed by atoms with E-state index in [-0.39, 0.29) is 0 Å². The first-order chi connectivity index (χ1) is 11.1. The second-order valence-corrected chi connectivity index (χ2v) is 6.22. The third-order valence-electron chi connectivity index (χ3n) is 3.74. The highest BCUT2D eigenvalue weighted by atomic mass is 79.9. The number of aryl methyl sites for hydroxylation is 2. The van der Waals surface area contributed by atoms with E-state index < -0.39 is 0 Å². The molecule has 0 unspecified atom stereocenters. The molecule has 3 rings (SSSR count). The molecule has 0 aliphatic carbocycles. The Morgan fingerprint density at radius 1 is 1.17 bits per heavy atom. The Kier molecular flexibility index (Phi) is 4.26. The second kappa shape index (κ2) is 6.35. The SMILES string of the molecule is Cc1cc(C#N)cc(C)c1Cc1nc(-c2ccccc2Br)no1. The molecule has 0 fully saturated rings. The summed E-state index contributed by atoms with van der Waals surface area (Å²) in [4.78, 5) is 4.49. The highest BCUT2D eigenvalue weighted by molar-refractivity contribution is 9.10. The summed E-state index contributed by atoms with van der Waals surface area (Å²) in [6.07, 6.45) is 0.556. The van der Waals surface area contributed by atoms with Gasteiger partial charge in [-0.05, 0) is 54.8 Å². The minimum atomic E-state index is 0.556. The van der Waals surface area contributed by atoms with E-state index >= 15 is 0 Å². The van der Waals surface area contributed by atoms with Gasteiger partial charge in [-0.15, -0.1) is 0 Å². The molecule has 5 heteroatoms. The molecule has 0 saturated carbocycles. The minimum absolute atomic E-state index is 0.556. The summed E-state index contributed by atoms with van der Waals surface area (Å²) in [6.45, 7) is 3.99. The summed E-state index contributed by atoms with van der Waals surface area (Å²) in [6, 6.07) is 13.7. The molecular formula is C18H14BrN3O. The summed E-state index contributed by atoms with van der Waals surface area (Å²) in [5, 5.41) is 13.1. The Labute approximate surface area is 142 Å². The van der Waals surface area contributed by atoms with Crippen molar-refractivity contribution in [3.05, 3.63) is 69.0 Å². The largest absolute Gasteiger partial charge is 0.339 e. The van der Waals surface area contributed by atoms with Crippen LogP contribution in [0.5, 0.6) is 0 Å². The molecule has 114 valence electrons. The number of aromatic nitrogens is 2. The zero-order valence-electron chi connectivity index (χ0n) is 12.8. The fourth-order valence-corrected chi connectivity index (χ4v) is 3.03. The van der Waals surface area contributed by atoms with Crippen LogP contribution >= 0.6 is 15.9 Å². The van der Waals surface area contributed by atoms with Gasteiger partial charge in [0.15, 0.2) is 0 Å². The predicted molar refractivity (Wildman–Crippen MR) is 90.9 cm³/mol. The van der Waals surface area contributed by atoms with E-state index in [1.165, 1.54) is 0 Å². The maximum absolute atomic E-state index is 9.03. The van der Waals surface area contributed by atoms with Gasteiger partial charge < -0.3 is 4.52 Å². The molecule has 1 heterocycles. The van der Waals surface area contributed by atoms with E-state index in [4.69, 9.17) is 9.78 Å². The van der Waals surface area contributed by atoms with Gasteiger partial charge in [-0.3, -0.25) is 0 Å². The van der Waals surface area contributed by atoms with Crippen LogP contribution in [-0.4, -0.2) is 10.1 Å². The Balaban J connectivity index is 1.92. The highest BCUT2D eigenvalue weighted by Gasteiger charge is 2.14. The van der Waals surface area contributed by atoms with Crippen molar-refractivity contribution < 1.29 is 4.52 Å². The predicted octanol–water partition coefficient (Wildman–Crippen LogP) is 4.58. The Bertz CT molecular complexity index is 886. The molecule has 0 N–H and O–H groups in total. The first kappa shape index (κ1) is 15.4. The van der Waals surface area contributed by atoms with Crippen molar-refractivity contribution >= 4 is 15.9 Å². The lowest BCUT2D eigenvalue weighted by molar-refractivity contribution is 0.385. The summed E-state index contributed by atoms with van der Waals surface area (Å²) < 4.78 is 6.33. The number of hydrogen-bond acceptors (Lipinski definition) is 4. The Hall–Kier alpha value is -2.45. The van der Waals surface area contributed by atoms with Gasteiger partial charge in [0.2, 0.25) is 11.7 Å². The van der Waals surface area contributed by atoms with Crippen LogP contribution in [-0.2, 0) is 6.42 Å². The van der Waals surface area contributed by atoms with E-state index in [1.54, 1.807) is 0 Å². The Morgan fingerprint density at radius 3 is 2.52 bits per heavy atom. The van der Waals surface area contributed by atoms with Gasteiger partial charge in [0.05, 0.1) is 18.1 Å². The average molecular weight is 368 g/mol. The number of rotatable bonds is 3. The fraction of sp³-hybridized carbons (Fsp3) is 0.167. The molecule has 23 heavy (non-hydrogen) atoms. The molecule has 2 aromatic carbocycles. The van der Waals surface area contributed by atoms with Gasteiger partial charge in [0, 0.05) is 10.0 Å². The first-order valence-electron chi connectivity index (χ1n) is 7.16. The van der Waals surface area contributed by atoms with E-state index in [0.717, 1.165) is 26.7 Å². The molecule has 0 radical (unpaired) electrons. The molecule has 0 saturated heterocycles. The molecule has 0 aliphatic rings. The van der Waals surface area contributed by atoms with Crippen LogP contribution in [0.3, 0.4) is 0 Å². The number of nitriles is 1. The third kappa shape index (κ3) is 3.17. The molecule has 0 aliphatic heterocycles. The van der Waals surface area contributed by atoms with Gasteiger partial charge in [-0.1, -0.05) is 33.2 Å². The molecule has 3 aromatic rings. The quantitative estimate of drug-likeness (QED) is 0.679. The van der Waals surface area contributed by atoms with Crippen molar-refractivity contribution in [3.8, 4) is 17.5 Å². The monoisotopic (exact) mass is 367 g/mol. The first-order valence-corrected chi connectivity index (χ1v) is 7.95. The number of nitrogens with zero attached hydrogens (tertiary/aromatic N) is 3. The Morgan fingerprint density at radius 2 is 1.87 bits per heavy atom. The second-order valence-electron chi connectivity index (χ2n) is 5.37. The minimum Gasteiger partial charge on any atom is -0.339 e. The van der Waals surface area contributed by atoms with Gasteiger partial charge in [-0.25, -0.2) is 0 Å². The van der Waals surface area contributed by atoms with Gasteiger partial charge in [0.1, 0.15) is 0 Å². The van der Waals surface area contributed by atoms with Crippen molar-refractivity contribution in [2.45, 2.75) is 20.3 Å². The smallest absolute Gasteiger partial charge is 0.231 e. The molecule has 0 bridgehead atoms. The van der Waals surface area contributed by atoms with Crippen molar-refractivity contribution in [3.63, 3.8) is 0 Å². The van der Waals surface area contributed by atoms with Crippen molar-refractivity contribution in [1.29, 1.82) is 5.26 Å². The van der Waals surface area contributed by atoms with Gasteiger partial charge in [0.25, 0.3) is 0 Å². The lowest BCUT2D eigenvalue weighted by Gasteiger charge is -2.07. The van der Waals surface area contributed by atoms with Gasteiger partial charge >= 0.3 is 0 Å². The van der Waals surface area contributed by atoms with E-state index in [0.29, 0.717) is 23.7 Å². The fourth-order valence-electron chi connectivity index (χ4n) is 2.57. The van der Waals surface area contributed by atoms with Crippen LogP contribution in [0.25, 0.3) is 11.4 Å². The van der Waals surface area contributed by atoms with Crippen LogP contribution in [0, 0.1) is 25.2 Å². The lowest BCUT2D eigenvalue weighted by Crippen LogP contribution is -1.97. The third-order valence-corrected chi connectivity index (χ3v) is 4.43. The van der Waals surface area contributed by atoms with Crippen molar-refractivity contribution in [2.75, 3.05) is 0 Å². The number of hydrogen-bond donors (Lipinski definition) is 0. The van der Waals surface area contributed by atoms with Crippen LogP contribution < -0.4 is 0 Å². The maximum Gasteiger partial charge on any atom is 0.231 e. The summed E-state index contributed by atoms with van der Waals surface area (Å²) in [7, 11) is 0.